The highest BCUT2D eigenvalue weighted by molar-refractivity contribution is 6.25. The number of hydrogen-bond donors (Lipinski definition) is 6. The number of nitrogens with one attached hydrogen (secondary N) is 1. The summed E-state index contributed by atoms with van der Waals surface area (Å²) in [7, 11) is 4.63. The third-order valence-corrected chi connectivity index (χ3v) is 8.03. The second-order valence-corrected chi connectivity index (χ2v) is 10.6. The van der Waals surface area contributed by atoms with E-state index in [-0.39, 0.29) is 42.7 Å². The van der Waals surface area contributed by atoms with Crippen molar-refractivity contribution in [3.8, 4) is 5.75 Å². The van der Waals surface area contributed by atoms with Crippen LogP contribution >= 0.6 is 0 Å². The van der Waals surface area contributed by atoms with Crippen molar-refractivity contribution in [3.05, 3.63) is 45.2 Å². The summed E-state index contributed by atoms with van der Waals surface area (Å²) in [6, 6.07) is -1.14. The van der Waals surface area contributed by atoms with Gasteiger partial charge in [-0.3, -0.25) is 29.0 Å². The van der Waals surface area contributed by atoms with Crippen molar-refractivity contribution >= 4 is 29.1 Å². The molecule has 4 aliphatic rings. The van der Waals surface area contributed by atoms with E-state index in [4.69, 9.17) is 5.73 Å². The lowest BCUT2D eigenvalue weighted by Crippen LogP contribution is -2.63. The molecule has 38 heavy (non-hydrogen) atoms. The maximum atomic E-state index is 15.9. The predicted octanol–water partition coefficient (Wildman–Crippen LogP) is -0.356. The Bertz CT molecular complexity index is 1420. The fourth-order valence-corrected chi connectivity index (χ4v) is 6.43. The smallest absolute Gasteiger partial charge is 0.255 e. The molecule has 1 heterocycles. The highest BCUT2D eigenvalue weighted by Crippen LogP contribution is 2.53. The number of benzene rings is 1. The fourth-order valence-electron chi connectivity index (χ4n) is 6.43. The van der Waals surface area contributed by atoms with Crippen LogP contribution in [0.3, 0.4) is 0 Å². The lowest BCUT2D eigenvalue weighted by molar-refractivity contribution is -0.148. The number of nitrogens with two attached hydrogens (primary N) is 1. The third-order valence-electron chi connectivity index (χ3n) is 8.03. The summed E-state index contributed by atoms with van der Waals surface area (Å²) >= 11 is 0. The van der Waals surface area contributed by atoms with Gasteiger partial charge in [0.2, 0.25) is 11.7 Å². The zero-order valence-electron chi connectivity index (χ0n) is 20.8. The van der Waals surface area contributed by atoms with E-state index in [1.165, 1.54) is 19.0 Å². The van der Waals surface area contributed by atoms with Crippen LogP contribution in [-0.4, -0.2) is 92.9 Å². The minimum atomic E-state index is -2.79. The fraction of sp³-hybridized carbons (Fsp3) is 0.440. The number of likely N-dealkylation sites (N-methyl/N-ethyl adjacent to an activating group) is 2. The molecule has 7 N–H and O–H groups in total. The van der Waals surface area contributed by atoms with Crippen molar-refractivity contribution in [2.75, 3.05) is 33.0 Å². The van der Waals surface area contributed by atoms with E-state index in [1.54, 1.807) is 11.9 Å². The van der Waals surface area contributed by atoms with Gasteiger partial charge < -0.3 is 31.5 Å². The molecule has 3 aliphatic carbocycles. The minimum Gasteiger partial charge on any atom is -0.510 e. The van der Waals surface area contributed by atoms with Gasteiger partial charge in [-0.15, -0.1) is 0 Å². The van der Waals surface area contributed by atoms with Crippen LogP contribution in [0.4, 0.5) is 10.1 Å². The molecule has 4 atom stereocenters. The van der Waals surface area contributed by atoms with Crippen LogP contribution in [0.1, 0.15) is 27.9 Å². The number of anilines is 1. The van der Waals surface area contributed by atoms with Crippen LogP contribution in [0, 0.1) is 17.7 Å². The van der Waals surface area contributed by atoms with Crippen LogP contribution in [0.25, 0.3) is 0 Å². The second-order valence-electron chi connectivity index (χ2n) is 10.6. The molecule has 0 unspecified atom stereocenters. The number of hydrogen-bond acceptors (Lipinski definition) is 10. The van der Waals surface area contributed by atoms with Gasteiger partial charge in [-0.1, -0.05) is 0 Å². The first-order valence-electron chi connectivity index (χ1n) is 11.9. The van der Waals surface area contributed by atoms with Crippen LogP contribution in [0.5, 0.6) is 5.75 Å². The SMILES string of the molecule is CN1CC(=O)Nc2c(O)c3c(c(F)c2C1)C[C@H]1C[C@H]2[C@H](N(C)C)C(O)=C(C(N)=O)C(=O)[C@@]2(O)C(O)=C1C3=O. The molecule has 2 amide bonds. The van der Waals surface area contributed by atoms with Gasteiger partial charge in [0.1, 0.15) is 22.9 Å². The van der Waals surface area contributed by atoms with E-state index < -0.39 is 86.7 Å². The van der Waals surface area contributed by atoms with Gasteiger partial charge in [0, 0.05) is 29.2 Å². The number of halogens is 1. The number of carbonyl (C=O) groups is 4. The summed E-state index contributed by atoms with van der Waals surface area (Å²) in [6.07, 6.45) is -0.335. The Hall–Kier alpha value is -3.81. The summed E-state index contributed by atoms with van der Waals surface area (Å²) in [5.41, 5.74) is 0.320. The van der Waals surface area contributed by atoms with Gasteiger partial charge in [0.25, 0.3) is 5.91 Å². The molecule has 1 aromatic rings. The molecule has 13 heteroatoms. The number of phenolic OH excluding ortho intramolecular Hbond substituents is 1. The highest BCUT2D eigenvalue weighted by atomic mass is 19.1. The number of allylic oxidation sites excluding steroid dienone is 1. The first-order chi connectivity index (χ1) is 17.7. The van der Waals surface area contributed by atoms with E-state index in [0.717, 1.165) is 0 Å². The van der Waals surface area contributed by atoms with E-state index in [2.05, 4.69) is 5.32 Å². The van der Waals surface area contributed by atoms with E-state index >= 15 is 4.39 Å². The standard InChI is InChI=1S/C25H27FN4O8/c1-29(2)18-11-5-8-4-9-14(20(33)17-10(16(9)26)6-30(3)7-12(31)28-17)19(32)13(8)22(35)25(11,38)23(36)15(21(18)34)24(27)37/h8,11,18,33-35,38H,4-7H2,1-3H3,(H2,27,37)(H,28,31)/t8-,11-,18-,25-/m0/s1. The van der Waals surface area contributed by atoms with Crippen molar-refractivity contribution in [2.24, 2.45) is 17.6 Å². The number of ketones is 2. The van der Waals surface area contributed by atoms with Crippen molar-refractivity contribution < 1.29 is 44.0 Å². The maximum Gasteiger partial charge on any atom is 0.255 e. The molecule has 0 aromatic heterocycles. The Labute approximate surface area is 215 Å². The minimum absolute atomic E-state index is 0.00273. The molecule has 5 rings (SSSR count). The lowest BCUT2D eigenvalue weighted by Gasteiger charge is -2.50. The van der Waals surface area contributed by atoms with Gasteiger partial charge >= 0.3 is 0 Å². The van der Waals surface area contributed by atoms with Crippen molar-refractivity contribution in [1.29, 1.82) is 0 Å². The topological polar surface area (TPSA) is 194 Å². The predicted molar refractivity (Wildman–Crippen MR) is 129 cm³/mol. The molecule has 12 nitrogen and oxygen atoms in total. The zero-order valence-corrected chi connectivity index (χ0v) is 20.8. The normalized spacial score (nSPS) is 29.4. The largest absolute Gasteiger partial charge is 0.510 e. The number of nitrogens with zero attached hydrogens (tertiary/aromatic N) is 2. The van der Waals surface area contributed by atoms with E-state index in [9.17, 15) is 39.6 Å². The quantitative estimate of drug-likeness (QED) is 0.217. The number of amides is 2. The number of phenols is 1. The van der Waals surface area contributed by atoms with Gasteiger partial charge in [-0.25, -0.2) is 4.39 Å². The highest BCUT2D eigenvalue weighted by Gasteiger charge is 2.63. The molecule has 0 fully saturated rings. The number of fused-ring (bicyclic) bond motifs is 4. The number of Topliss-reactive ketones (excluding diaryl/α,β-unsaturated/α-hetero) is 2. The number of aliphatic hydroxyl groups is 3. The van der Waals surface area contributed by atoms with Gasteiger partial charge in [-0.2, -0.15) is 0 Å². The summed E-state index contributed by atoms with van der Waals surface area (Å²) in [6.45, 7) is -0.107. The third kappa shape index (κ3) is 3.25. The molecule has 0 bridgehead atoms. The summed E-state index contributed by atoms with van der Waals surface area (Å²) < 4.78 is 15.9. The molecule has 0 saturated heterocycles. The van der Waals surface area contributed by atoms with Gasteiger partial charge in [0.15, 0.2) is 17.1 Å². The molecule has 0 saturated carbocycles. The number of carbonyl (C=O) groups excluding carboxylic acids is 4. The molecule has 0 radical (unpaired) electrons. The lowest BCUT2D eigenvalue weighted by atomic mass is 9.58. The Morgan fingerprint density at radius 2 is 1.82 bits per heavy atom. The Morgan fingerprint density at radius 1 is 1.16 bits per heavy atom. The first-order valence-corrected chi connectivity index (χ1v) is 11.9. The summed E-state index contributed by atoms with van der Waals surface area (Å²) in [4.78, 5) is 54.3. The molecule has 202 valence electrons. The Morgan fingerprint density at radius 3 is 2.42 bits per heavy atom. The molecule has 1 aliphatic heterocycles. The zero-order chi connectivity index (χ0) is 28.0. The Kier molecular flexibility index (Phi) is 5.67. The van der Waals surface area contributed by atoms with Crippen LogP contribution in [0.2, 0.25) is 0 Å². The average molecular weight is 531 g/mol. The Balaban J connectivity index is 1.73. The molecule has 0 spiro atoms. The van der Waals surface area contributed by atoms with E-state index in [1.807, 2.05) is 0 Å². The number of primary amides is 1. The van der Waals surface area contributed by atoms with Crippen molar-refractivity contribution in [2.45, 2.75) is 31.0 Å². The van der Waals surface area contributed by atoms with Crippen LogP contribution in [-0.2, 0) is 27.3 Å². The van der Waals surface area contributed by atoms with E-state index in [0.29, 0.717) is 0 Å². The van der Waals surface area contributed by atoms with Crippen molar-refractivity contribution in [1.82, 2.24) is 9.80 Å². The first kappa shape index (κ1) is 25.8. The van der Waals surface area contributed by atoms with Gasteiger partial charge in [0.05, 0.1) is 23.8 Å². The average Bonchev–Trinajstić information content (AvgIpc) is 2.96. The summed E-state index contributed by atoms with van der Waals surface area (Å²) in [5, 5.41) is 47.1. The second kappa shape index (κ2) is 8.35. The molecule has 1 aromatic carbocycles. The monoisotopic (exact) mass is 530 g/mol. The molecular weight excluding hydrogens is 503 g/mol. The van der Waals surface area contributed by atoms with Crippen LogP contribution < -0.4 is 11.1 Å². The van der Waals surface area contributed by atoms with Crippen LogP contribution in [0.15, 0.2) is 22.7 Å². The number of rotatable bonds is 2. The maximum absolute atomic E-state index is 15.9. The van der Waals surface area contributed by atoms with Gasteiger partial charge in [-0.05, 0) is 39.9 Å². The van der Waals surface area contributed by atoms with Crippen molar-refractivity contribution in [3.63, 3.8) is 0 Å². The molecular formula is C25H27FN4O8. The number of aromatic hydroxyl groups is 1. The number of aliphatic hydroxyl groups excluding tert-OH is 2. The summed E-state index contributed by atoms with van der Waals surface area (Å²) in [5.74, 6) is -9.57.